The smallest absolute Gasteiger partial charge is 0.261 e. The Hall–Kier alpha value is -3.69. The molecule has 1 atom stereocenters. The molecule has 4 aliphatic heterocycles. The molecule has 1 unspecified atom stereocenters. The van der Waals surface area contributed by atoms with Gasteiger partial charge in [-0.05, 0) is 31.1 Å². The fourth-order valence-electron chi connectivity index (χ4n) is 4.00. The van der Waals surface area contributed by atoms with Crippen LogP contribution in [-0.4, -0.2) is 96.5 Å². The highest BCUT2D eigenvalue weighted by Gasteiger charge is 2.31. The van der Waals surface area contributed by atoms with Crippen LogP contribution in [0.4, 0.5) is 0 Å². The van der Waals surface area contributed by atoms with Crippen molar-refractivity contribution in [3.63, 3.8) is 0 Å². The van der Waals surface area contributed by atoms with Crippen LogP contribution in [-0.2, 0) is 19.1 Å². The summed E-state index contributed by atoms with van der Waals surface area (Å²) in [7, 11) is 6.87. The highest BCUT2D eigenvalue weighted by Crippen LogP contribution is 2.22. The molecule has 0 spiro atoms. The predicted octanol–water partition coefficient (Wildman–Crippen LogP) is 2.36. The maximum atomic E-state index is 11.3. The fraction of sp³-hybridized carbons (Fsp3) is 0.519. The Bertz CT molecular complexity index is 1000. The van der Waals surface area contributed by atoms with Gasteiger partial charge in [-0.15, -0.1) is 0 Å². The van der Waals surface area contributed by atoms with Gasteiger partial charge in [0.05, 0.1) is 17.2 Å². The van der Waals surface area contributed by atoms with Crippen molar-refractivity contribution in [2.45, 2.75) is 45.6 Å². The second-order valence-electron chi connectivity index (χ2n) is 9.61. The summed E-state index contributed by atoms with van der Waals surface area (Å²) in [4.78, 5) is 60.3. The molecule has 37 heavy (non-hydrogen) atoms. The number of likely N-dealkylation sites (tertiary alicyclic amines) is 2. The van der Waals surface area contributed by atoms with Crippen molar-refractivity contribution in [3.05, 3.63) is 47.9 Å². The van der Waals surface area contributed by atoms with Gasteiger partial charge in [0.15, 0.2) is 5.88 Å². The van der Waals surface area contributed by atoms with Crippen molar-refractivity contribution < 1.29 is 28.7 Å². The largest absolute Gasteiger partial charge is 0.477 e. The lowest BCUT2D eigenvalue weighted by atomic mass is 10.1. The Morgan fingerprint density at radius 1 is 0.811 bits per heavy atom. The minimum absolute atomic E-state index is 0.0602. The van der Waals surface area contributed by atoms with Gasteiger partial charge in [-0.1, -0.05) is 26.0 Å². The van der Waals surface area contributed by atoms with Crippen LogP contribution < -0.4 is 0 Å². The minimum atomic E-state index is -0.212. The Kier molecular flexibility index (Phi) is 10.4. The zero-order valence-electron chi connectivity index (χ0n) is 22.7. The molecule has 0 aromatic heterocycles. The molecule has 1 aromatic rings. The summed E-state index contributed by atoms with van der Waals surface area (Å²) >= 11 is 0. The monoisotopic (exact) mass is 514 g/mol. The SMILES string of the molecule is C=C1OCC(C(C)C)N1C.CN1C(=O)CCC1=O.CN1C(=O)c2ccccc2C1=O.CN1CCCC1=O. The van der Waals surface area contributed by atoms with Crippen LogP contribution in [0, 0.1) is 5.92 Å². The first-order valence-corrected chi connectivity index (χ1v) is 12.4. The normalized spacial score (nSPS) is 20.4. The maximum Gasteiger partial charge on any atom is 0.261 e. The van der Waals surface area contributed by atoms with E-state index in [4.69, 9.17) is 4.74 Å². The van der Waals surface area contributed by atoms with Crippen molar-refractivity contribution in [1.29, 1.82) is 0 Å². The minimum Gasteiger partial charge on any atom is -0.477 e. The number of rotatable bonds is 1. The molecule has 4 aliphatic rings. The third-order valence-corrected chi connectivity index (χ3v) is 6.69. The molecule has 10 nitrogen and oxygen atoms in total. The Labute approximate surface area is 218 Å². The highest BCUT2D eigenvalue weighted by atomic mass is 16.5. The van der Waals surface area contributed by atoms with Crippen molar-refractivity contribution in [1.82, 2.24) is 19.6 Å². The number of carbonyl (C=O) groups is 5. The zero-order chi connectivity index (χ0) is 27.9. The lowest BCUT2D eigenvalue weighted by Gasteiger charge is -2.21. The standard InChI is InChI=1S/C9H7NO2.C8H15NO.C5H7NO2.C5H9NO/c1-10-8(11)6-4-2-3-5-7(6)9(10)12;1-6(2)8-5-10-7(3)9(8)4;1-6-4(7)2-3-5(6)8;1-6-4-2-3-5(6)7/h2-5H,1H3;6,8H,3,5H2,1-2,4H3;2-3H2,1H3;2-4H2,1H3. The van der Waals surface area contributed by atoms with Crippen LogP contribution in [0.1, 0.15) is 60.2 Å². The summed E-state index contributed by atoms with van der Waals surface area (Å²) in [5.41, 5.74) is 1.01. The summed E-state index contributed by atoms with van der Waals surface area (Å²) in [5, 5.41) is 0. The van der Waals surface area contributed by atoms with Crippen LogP contribution in [0.3, 0.4) is 0 Å². The van der Waals surface area contributed by atoms with Crippen LogP contribution in [0.2, 0.25) is 0 Å². The molecule has 3 fully saturated rings. The van der Waals surface area contributed by atoms with E-state index in [1.165, 1.54) is 19.0 Å². The molecule has 5 rings (SSSR count). The lowest BCUT2D eigenvalue weighted by molar-refractivity contribution is -0.136. The molecule has 202 valence electrons. The molecule has 0 bridgehead atoms. The molecule has 4 heterocycles. The van der Waals surface area contributed by atoms with E-state index in [0.29, 0.717) is 41.8 Å². The molecule has 0 radical (unpaired) electrons. The molecular weight excluding hydrogens is 476 g/mol. The number of hydrogen-bond acceptors (Lipinski definition) is 7. The number of carbonyl (C=O) groups excluding carboxylic acids is 5. The summed E-state index contributed by atoms with van der Waals surface area (Å²) in [6, 6.07) is 7.36. The maximum absolute atomic E-state index is 11.3. The number of fused-ring (bicyclic) bond motifs is 1. The second kappa shape index (κ2) is 13.0. The first-order valence-electron chi connectivity index (χ1n) is 12.4. The van der Waals surface area contributed by atoms with Gasteiger partial charge in [0.25, 0.3) is 11.8 Å². The molecule has 5 amide bonds. The summed E-state index contributed by atoms with van der Waals surface area (Å²) in [5.74, 6) is 1.19. The molecule has 0 aliphatic carbocycles. The topological polar surface area (TPSA) is 108 Å². The lowest BCUT2D eigenvalue weighted by Crippen LogP contribution is -2.30. The number of benzene rings is 1. The van der Waals surface area contributed by atoms with E-state index in [0.717, 1.165) is 36.8 Å². The number of likely N-dealkylation sites (N-methyl/N-ethyl adjacent to an activating group) is 1. The number of ether oxygens (including phenoxy) is 1. The third kappa shape index (κ3) is 7.41. The van der Waals surface area contributed by atoms with E-state index >= 15 is 0 Å². The summed E-state index contributed by atoms with van der Waals surface area (Å²) < 4.78 is 5.27. The molecule has 10 heteroatoms. The zero-order valence-corrected chi connectivity index (χ0v) is 22.7. The fourth-order valence-corrected chi connectivity index (χ4v) is 4.00. The van der Waals surface area contributed by atoms with Crippen molar-refractivity contribution in [3.8, 4) is 0 Å². The molecular formula is C27H38N4O6. The number of amides is 5. The summed E-state index contributed by atoms with van der Waals surface area (Å²) in [6.45, 7) is 9.92. The Balaban J connectivity index is 0.000000177. The molecule has 0 N–H and O–H groups in total. The van der Waals surface area contributed by atoms with E-state index in [1.54, 1.807) is 29.2 Å². The Morgan fingerprint density at radius 2 is 1.32 bits per heavy atom. The number of imide groups is 2. The van der Waals surface area contributed by atoms with Gasteiger partial charge in [0.1, 0.15) is 6.61 Å². The molecule has 3 saturated heterocycles. The molecule has 1 aromatic carbocycles. The van der Waals surface area contributed by atoms with Crippen molar-refractivity contribution in [2.24, 2.45) is 5.92 Å². The predicted molar refractivity (Wildman–Crippen MR) is 138 cm³/mol. The second-order valence-corrected chi connectivity index (χ2v) is 9.61. The first-order chi connectivity index (χ1) is 17.4. The van der Waals surface area contributed by atoms with Gasteiger partial charge < -0.3 is 14.5 Å². The van der Waals surface area contributed by atoms with Crippen LogP contribution >= 0.6 is 0 Å². The Morgan fingerprint density at radius 3 is 1.57 bits per heavy atom. The van der Waals surface area contributed by atoms with Gasteiger partial charge in [-0.25, -0.2) is 0 Å². The highest BCUT2D eigenvalue weighted by molar-refractivity contribution is 6.21. The van der Waals surface area contributed by atoms with Crippen molar-refractivity contribution >= 4 is 29.5 Å². The van der Waals surface area contributed by atoms with Crippen LogP contribution in [0.15, 0.2) is 36.7 Å². The molecule has 0 saturated carbocycles. The van der Waals surface area contributed by atoms with Gasteiger partial charge in [-0.3, -0.25) is 33.8 Å². The van der Waals surface area contributed by atoms with Crippen LogP contribution in [0.25, 0.3) is 0 Å². The van der Waals surface area contributed by atoms with E-state index < -0.39 is 0 Å². The number of nitrogens with zero attached hydrogens (tertiary/aromatic N) is 4. The van der Waals surface area contributed by atoms with E-state index in [1.807, 2.05) is 14.1 Å². The van der Waals surface area contributed by atoms with Gasteiger partial charge >= 0.3 is 0 Å². The van der Waals surface area contributed by atoms with E-state index in [2.05, 4.69) is 25.3 Å². The summed E-state index contributed by atoms with van der Waals surface area (Å²) in [6.07, 6.45) is 2.61. The average molecular weight is 515 g/mol. The van der Waals surface area contributed by atoms with Gasteiger partial charge in [0, 0.05) is 54.0 Å². The third-order valence-electron chi connectivity index (χ3n) is 6.69. The van der Waals surface area contributed by atoms with E-state index in [9.17, 15) is 24.0 Å². The van der Waals surface area contributed by atoms with Gasteiger partial charge in [-0.2, -0.15) is 0 Å². The van der Waals surface area contributed by atoms with E-state index in [-0.39, 0.29) is 23.6 Å². The first kappa shape index (κ1) is 29.5. The number of hydrogen-bond donors (Lipinski definition) is 0. The quantitative estimate of drug-likeness (QED) is 0.530. The van der Waals surface area contributed by atoms with Crippen molar-refractivity contribution in [2.75, 3.05) is 41.3 Å². The average Bonchev–Trinajstić information content (AvgIpc) is 3.57. The van der Waals surface area contributed by atoms with Gasteiger partial charge in [0.2, 0.25) is 17.7 Å². The van der Waals surface area contributed by atoms with Crippen LogP contribution in [0.5, 0.6) is 0 Å².